The summed E-state index contributed by atoms with van der Waals surface area (Å²) < 4.78 is 0. The summed E-state index contributed by atoms with van der Waals surface area (Å²) in [4.78, 5) is 11.6. The predicted octanol–water partition coefficient (Wildman–Crippen LogP) is 2.93. The van der Waals surface area contributed by atoms with Gasteiger partial charge in [-0.3, -0.25) is 4.79 Å². The van der Waals surface area contributed by atoms with E-state index in [2.05, 4.69) is 10.6 Å². The maximum Gasteiger partial charge on any atom is 0.238 e. The van der Waals surface area contributed by atoms with Gasteiger partial charge in [0.2, 0.25) is 5.91 Å². The molecule has 1 saturated carbocycles. The zero-order chi connectivity index (χ0) is 12.3. The topological polar surface area (TPSA) is 41.1 Å². The molecular formula is C12H14Cl2N2O. The highest BCUT2D eigenvalue weighted by molar-refractivity contribution is 6.35. The summed E-state index contributed by atoms with van der Waals surface area (Å²) in [6, 6.07) is 4.97. The van der Waals surface area contributed by atoms with Crippen molar-refractivity contribution in [1.29, 1.82) is 0 Å². The lowest BCUT2D eigenvalue weighted by Gasteiger charge is -2.07. The first kappa shape index (κ1) is 12.7. The minimum Gasteiger partial charge on any atom is -0.325 e. The van der Waals surface area contributed by atoms with Gasteiger partial charge in [0.25, 0.3) is 0 Å². The Bertz CT molecular complexity index is 399. The highest BCUT2D eigenvalue weighted by Crippen LogP contribution is 2.27. The van der Waals surface area contributed by atoms with Crippen LogP contribution >= 0.6 is 23.2 Å². The SMILES string of the molecule is O=C(CNCC1CC1)Nc1cc(Cl)cc(Cl)c1. The first-order chi connectivity index (χ1) is 8.13. The molecule has 1 aromatic rings. The number of nitrogens with one attached hydrogen (secondary N) is 2. The monoisotopic (exact) mass is 272 g/mol. The van der Waals surface area contributed by atoms with Crippen molar-refractivity contribution in [3.05, 3.63) is 28.2 Å². The number of hydrogen-bond donors (Lipinski definition) is 2. The quantitative estimate of drug-likeness (QED) is 0.866. The van der Waals surface area contributed by atoms with Crippen molar-refractivity contribution >= 4 is 34.8 Å². The zero-order valence-corrected chi connectivity index (χ0v) is 10.8. The Balaban J connectivity index is 1.79. The van der Waals surface area contributed by atoms with Gasteiger partial charge in [0.05, 0.1) is 6.54 Å². The second-order valence-electron chi connectivity index (χ2n) is 4.28. The standard InChI is InChI=1S/C12H14Cl2N2O/c13-9-3-10(14)5-11(4-9)16-12(17)7-15-6-8-1-2-8/h3-5,8,15H,1-2,6-7H2,(H,16,17). The lowest BCUT2D eigenvalue weighted by atomic mass is 10.3. The molecule has 3 nitrogen and oxygen atoms in total. The van der Waals surface area contributed by atoms with Crippen LogP contribution in [0, 0.1) is 5.92 Å². The summed E-state index contributed by atoms with van der Waals surface area (Å²) in [6.07, 6.45) is 2.55. The van der Waals surface area contributed by atoms with Crippen molar-refractivity contribution in [2.24, 2.45) is 5.92 Å². The van der Waals surface area contributed by atoms with E-state index in [1.807, 2.05) is 0 Å². The molecule has 0 unspecified atom stereocenters. The summed E-state index contributed by atoms with van der Waals surface area (Å²) in [5.41, 5.74) is 0.626. The minimum atomic E-state index is -0.0796. The number of halogens is 2. The molecule has 0 bridgehead atoms. The average molecular weight is 273 g/mol. The number of hydrogen-bond acceptors (Lipinski definition) is 2. The Morgan fingerprint density at radius 3 is 2.47 bits per heavy atom. The van der Waals surface area contributed by atoms with E-state index in [1.165, 1.54) is 12.8 Å². The smallest absolute Gasteiger partial charge is 0.238 e. The molecule has 1 aromatic carbocycles. The zero-order valence-electron chi connectivity index (χ0n) is 9.30. The van der Waals surface area contributed by atoms with Crippen LogP contribution < -0.4 is 10.6 Å². The Hall–Kier alpha value is -0.770. The van der Waals surface area contributed by atoms with Gasteiger partial charge in [0, 0.05) is 15.7 Å². The van der Waals surface area contributed by atoms with E-state index in [9.17, 15) is 4.79 Å². The first-order valence-electron chi connectivity index (χ1n) is 5.60. The molecule has 2 rings (SSSR count). The molecule has 1 fully saturated rings. The normalized spacial score (nSPS) is 14.7. The van der Waals surface area contributed by atoms with Gasteiger partial charge in [-0.1, -0.05) is 23.2 Å². The third-order valence-electron chi connectivity index (χ3n) is 2.56. The molecule has 2 N–H and O–H groups in total. The molecule has 17 heavy (non-hydrogen) atoms. The second kappa shape index (κ2) is 5.71. The molecule has 0 radical (unpaired) electrons. The molecular weight excluding hydrogens is 259 g/mol. The summed E-state index contributed by atoms with van der Waals surface area (Å²) >= 11 is 11.7. The fourth-order valence-electron chi connectivity index (χ4n) is 1.54. The number of carbonyl (C=O) groups excluding carboxylic acids is 1. The van der Waals surface area contributed by atoms with Crippen LogP contribution in [0.1, 0.15) is 12.8 Å². The highest BCUT2D eigenvalue weighted by Gasteiger charge is 2.20. The molecule has 0 aromatic heterocycles. The fourth-order valence-corrected chi connectivity index (χ4v) is 2.07. The Morgan fingerprint density at radius 2 is 1.88 bits per heavy atom. The van der Waals surface area contributed by atoms with Gasteiger partial charge in [0.15, 0.2) is 0 Å². The summed E-state index contributed by atoms with van der Waals surface area (Å²) in [6.45, 7) is 1.24. The van der Waals surface area contributed by atoms with E-state index >= 15 is 0 Å². The lowest BCUT2D eigenvalue weighted by molar-refractivity contribution is -0.115. The molecule has 5 heteroatoms. The summed E-state index contributed by atoms with van der Waals surface area (Å²) in [7, 11) is 0. The Morgan fingerprint density at radius 1 is 1.24 bits per heavy atom. The minimum absolute atomic E-state index is 0.0796. The van der Waals surface area contributed by atoms with Crippen LogP contribution in [0.5, 0.6) is 0 Å². The van der Waals surface area contributed by atoms with Gasteiger partial charge < -0.3 is 10.6 Å². The van der Waals surface area contributed by atoms with Crippen LogP contribution in [0.25, 0.3) is 0 Å². The van der Waals surface area contributed by atoms with Gasteiger partial charge in [0.1, 0.15) is 0 Å². The number of anilines is 1. The van der Waals surface area contributed by atoms with Crippen molar-refractivity contribution in [2.75, 3.05) is 18.4 Å². The molecule has 1 aliphatic carbocycles. The molecule has 0 heterocycles. The van der Waals surface area contributed by atoms with Crippen molar-refractivity contribution < 1.29 is 4.79 Å². The molecule has 0 aliphatic heterocycles. The molecule has 0 spiro atoms. The molecule has 0 saturated heterocycles. The van der Waals surface area contributed by atoms with Crippen LogP contribution in [0.2, 0.25) is 10.0 Å². The number of amides is 1. The van der Waals surface area contributed by atoms with Gasteiger partial charge in [-0.25, -0.2) is 0 Å². The van der Waals surface area contributed by atoms with E-state index in [-0.39, 0.29) is 5.91 Å². The average Bonchev–Trinajstić information content (AvgIpc) is 2.99. The van der Waals surface area contributed by atoms with Crippen molar-refractivity contribution in [3.8, 4) is 0 Å². The Kier molecular flexibility index (Phi) is 4.26. The van der Waals surface area contributed by atoms with Crippen LogP contribution in [0.15, 0.2) is 18.2 Å². The highest BCUT2D eigenvalue weighted by atomic mass is 35.5. The van der Waals surface area contributed by atoms with E-state index in [0.717, 1.165) is 12.5 Å². The maximum atomic E-state index is 11.6. The van der Waals surface area contributed by atoms with E-state index in [0.29, 0.717) is 22.3 Å². The maximum absolute atomic E-state index is 11.6. The van der Waals surface area contributed by atoms with Gasteiger partial charge >= 0.3 is 0 Å². The molecule has 92 valence electrons. The third-order valence-corrected chi connectivity index (χ3v) is 3.00. The number of benzene rings is 1. The molecule has 1 aliphatic rings. The van der Waals surface area contributed by atoms with Gasteiger partial charge in [-0.15, -0.1) is 0 Å². The van der Waals surface area contributed by atoms with Gasteiger partial charge in [-0.05, 0) is 43.5 Å². The fraction of sp³-hybridized carbons (Fsp3) is 0.417. The van der Waals surface area contributed by atoms with Crippen molar-refractivity contribution in [3.63, 3.8) is 0 Å². The summed E-state index contributed by atoms with van der Waals surface area (Å²) in [5, 5.41) is 6.89. The summed E-state index contributed by atoms with van der Waals surface area (Å²) in [5.74, 6) is 0.687. The van der Waals surface area contributed by atoms with E-state index in [4.69, 9.17) is 23.2 Å². The van der Waals surface area contributed by atoms with Crippen molar-refractivity contribution in [2.45, 2.75) is 12.8 Å². The number of carbonyl (C=O) groups is 1. The second-order valence-corrected chi connectivity index (χ2v) is 5.15. The first-order valence-corrected chi connectivity index (χ1v) is 6.36. The molecule has 1 amide bonds. The van der Waals surface area contributed by atoms with Crippen LogP contribution in [0.3, 0.4) is 0 Å². The van der Waals surface area contributed by atoms with Crippen molar-refractivity contribution in [1.82, 2.24) is 5.32 Å². The largest absolute Gasteiger partial charge is 0.325 e. The van der Waals surface area contributed by atoms with Gasteiger partial charge in [-0.2, -0.15) is 0 Å². The molecule has 0 atom stereocenters. The third kappa shape index (κ3) is 4.54. The van der Waals surface area contributed by atoms with Crippen LogP contribution in [-0.4, -0.2) is 19.0 Å². The Labute approximate surface area is 110 Å². The van der Waals surface area contributed by atoms with Crippen LogP contribution in [-0.2, 0) is 4.79 Å². The van der Waals surface area contributed by atoms with Crippen LogP contribution in [0.4, 0.5) is 5.69 Å². The van der Waals surface area contributed by atoms with E-state index in [1.54, 1.807) is 18.2 Å². The predicted molar refractivity (Wildman–Crippen MR) is 70.7 cm³/mol. The van der Waals surface area contributed by atoms with E-state index < -0.39 is 0 Å². The lowest BCUT2D eigenvalue weighted by Crippen LogP contribution is -2.29. The number of rotatable bonds is 5.